The Hall–Kier alpha value is -2.99. The van der Waals surface area contributed by atoms with Gasteiger partial charge in [-0.05, 0) is 42.5 Å². The molecule has 1 aromatic heterocycles. The third kappa shape index (κ3) is 2.47. The topological polar surface area (TPSA) is 88.0 Å². The second kappa shape index (κ2) is 5.28. The van der Waals surface area contributed by atoms with Crippen LogP contribution in [-0.2, 0) is 10.0 Å². The first kappa shape index (κ1) is 14.6. The summed E-state index contributed by atoms with van der Waals surface area (Å²) < 4.78 is 27.5. The number of nitrogens with one attached hydrogen (secondary N) is 2. The molecule has 1 heterocycles. The molecule has 0 aliphatic rings. The monoisotopic (exact) mass is 337 g/mol. The maximum Gasteiger partial charge on any atom is 0.261 e. The highest BCUT2D eigenvalue weighted by Crippen LogP contribution is 2.28. The average molecular weight is 337 g/mol. The summed E-state index contributed by atoms with van der Waals surface area (Å²) in [6.45, 7) is 0. The van der Waals surface area contributed by atoms with Gasteiger partial charge in [0, 0.05) is 27.5 Å². The molecule has 24 heavy (non-hydrogen) atoms. The lowest BCUT2D eigenvalue weighted by molar-refractivity contribution is 0.601. The number of anilines is 2. The van der Waals surface area contributed by atoms with Crippen molar-refractivity contribution in [2.75, 3.05) is 10.5 Å². The number of aromatic amines is 1. The molecule has 3 aromatic carbocycles. The minimum absolute atomic E-state index is 0.174. The van der Waals surface area contributed by atoms with E-state index in [0.29, 0.717) is 11.4 Å². The van der Waals surface area contributed by atoms with E-state index in [9.17, 15) is 8.42 Å². The van der Waals surface area contributed by atoms with E-state index in [1.54, 1.807) is 24.3 Å². The van der Waals surface area contributed by atoms with Crippen LogP contribution < -0.4 is 10.5 Å². The lowest BCUT2D eigenvalue weighted by Crippen LogP contribution is -2.12. The molecule has 0 bridgehead atoms. The third-order valence-electron chi connectivity index (χ3n) is 3.95. The van der Waals surface area contributed by atoms with Crippen LogP contribution in [0.25, 0.3) is 21.8 Å². The Morgan fingerprint density at radius 2 is 1.54 bits per heavy atom. The Morgan fingerprint density at radius 3 is 2.33 bits per heavy atom. The summed E-state index contributed by atoms with van der Waals surface area (Å²) in [6, 6.07) is 19.5. The largest absolute Gasteiger partial charge is 0.399 e. The van der Waals surface area contributed by atoms with Crippen molar-refractivity contribution in [2.45, 2.75) is 4.90 Å². The van der Waals surface area contributed by atoms with E-state index in [2.05, 4.69) is 9.71 Å². The quantitative estimate of drug-likeness (QED) is 0.498. The summed E-state index contributed by atoms with van der Waals surface area (Å²) in [7, 11) is -3.65. The smallest absolute Gasteiger partial charge is 0.261 e. The number of rotatable bonds is 3. The number of benzene rings is 3. The van der Waals surface area contributed by atoms with Crippen molar-refractivity contribution in [3.05, 3.63) is 66.7 Å². The van der Waals surface area contributed by atoms with Gasteiger partial charge in [-0.3, -0.25) is 4.72 Å². The maximum absolute atomic E-state index is 12.5. The zero-order chi connectivity index (χ0) is 16.7. The lowest BCUT2D eigenvalue weighted by Gasteiger charge is -2.08. The van der Waals surface area contributed by atoms with E-state index in [0.717, 1.165) is 21.8 Å². The molecule has 0 saturated carbocycles. The number of aromatic nitrogens is 1. The highest BCUT2D eigenvalue weighted by atomic mass is 32.2. The molecule has 4 rings (SSSR count). The summed E-state index contributed by atoms with van der Waals surface area (Å²) in [5.41, 5.74) is 8.53. The lowest BCUT2D eigenvalue weighted by atomic mass is 10.1. The van der Waals surface area contributed by atoms with Crippen LogP contribution in [0.1, 0.15) is 0 Å². The average Bonchev–Trinajstić information content (AvgIpc) is 2.92. The normalized spacial score (nSPS) is 11.8. The molecule has 0 aliphatic carbocycles. The summed E-state index contributed by atoms with van der Waals surface area (Å²) in [5, 5.41) is 2.17. The number of hydrogen-bond donors (Lipinski definition) is 3. The van der Waals surface area contributed by atoms with Gasteiger partial charge < -0.3 is 10.7 Å². The van der Waals surface area contributed by atoms with E-state index in [4.69, 9.17) is 5.73 Å². The van der Waals surface area contributed by atoms with Crippen molar-refractivity contribution in [2.24, 2.45) is 0 Å². The number of hydrogen-bond acceptors (Lipinski definition) is 3. The molecule has 5 nitrogen and oxygen atoms in total. The van der Waals surface area contributed by atoms with Gasteiger partial charge in [-0.2, -0.15) is 0 Å². The molecule has 4 N–H and O–H groups in total. The molecule has 0 radical (unpaired) electrons. The highest BCUT2D eigenvalue weighted by molar-refractivity contribution is 7.92. The van der Waals surface area contributed by atoms with Crippen LogP contribution in [0, 0.1) is 0 Å². The van der Waals surface area contributed by atoms with Gasteiger partial charge in [-0.25, -0.2) is 8.42 Å². The van der Waals surface area contributed by atoms with Crippen molar-refractivity contribution < 1.29 is 8.42 Å². The Labute approximate surface area is 139 Å². The first-order valence-electron chi connectivity index (χ1n) is 7.42. The van der Waals surface area contributed by atoms with Crippen molar-refractivity contribution >= 4 is 43.2 Å². The first-order chi connectivity index (χ1) is 11.5. The molecule has 0 saturated heterocycles. The summed E-state index contributed by atoms with van der Waals surface area (Å²) >= 11 is 0. The van der Waals surface area contributed by atoms with Gasteiger partial charge in [-0.15, -0.1) is 0 Å². The third-order valence-corrected chi connectivity index (χ3v) is 5.35. The van der Waals surface area contributed by atoms with Gasteiger partial charge >= 0.3 is 0 Å². The zero-order valence-electron chi connectivity index (χ0n) is 12.7. The minimum atomic E-state index is -3.65. The molecule has 0 unspecified atom stereocenters. The van der Waals surface area contributed by atoms with Gasteiger partial charge in [0.15, 0.2) is 0 Å². The Morgan fingerprint density at radius 1 is 0.833 bits per heavy atom. The predicted octanol–water partition coefficient (Wildman–Crippen LogP) is 3.70. The fraction of sp³-hybridized carbons (Fsp3) is 0. The predicted molar refractivity (Wildman–Crippen MR) is 97.5 cm³/mol. The summed E-state index contributed by atoms with van der Waals surface area (Å²) in [6.07, 6.45) is 0. The first-order valence-corrected chi connectivity index (χ1v) is 8.90. The second-order valence-electron chi connectivity index (χ2n) is 5.61. The fourth-order valence-corrected chi connectivity index (χ4v) is 3.83. The molecule has 6 heteroatoms. The number of sulfonamides is 1. The molecule has 0 spiro atoms. The molecule has 0 amide bonds. The zero-order valence-corrected chi connectivity index (χ0v) is 13.5. The Bertz CT molecular complexity index is 1150. The summed E-state index contributed by atoms with van der Waals surface area (Å²) in [5.74, 6) is 0. The molecule has 0 aliphatic heterocycles. The van der Waals surface area contributed by atoms with Gasteiger partial charge in [-0.1, -0.05) is 24.3 Å². The van der Waals surface area contributed by atoms with Crippen LogP contribution in [0.3, 0.4) is 0 Å². The van der Waals surface area contributed by atoms with E-state index in [-0.39, 0.29) is 4.90 Å². The maximum atomic E-state index is 12.5. The molecular weight excluding hydrogens is 322 g/mol. The standard InChI is InChI=1S/C18H15N3O2S/c19-12-5-8-14(9-6-12)24(22,23)21-13-7-10-16-15-3-1-2-4-17(15)20-18(16)11-13/h1-11,20-21H,19H2. The Balaban J connectivity index is 1.74. The molecule has 4 aromatic rings. The number of H-pyrrole nitrogens is 1. The SMILES string of the molecule is Nc1ccc(S(=O)(=O)Nc2ccc3c(c2)[nH]c2ccccc23)cc1. The van der Waals surface area contributed by atoms with Crippen molar-refractivity contribution in [1.29, 1.82) is 0 Å². The van der Waals surface area contributed by atoms with E-state index >= 15 is 0 Å². The summed E-state index contributed by atoms with van der Waals surface area (Å²) in [4.78, 5) is 3.47. The Kier molecular flexibility index (Phi) is 3.21. The number of nitrogen functional groups attached to an aromatic ring is 1. The number of nitrogens with two attached hydrogens (primary N) is 1. The van der Waals surface area contributed by atoms with Crippen molar-refractivity contribution in [1.82, 2.24) is 4.98 Å². The fourth-order valence-electron chi connectivity index (χ4n) is 2.78. The molecule has 0 atom stereocenters. The highest BCUT2D eigenvalue weighted by Gasteiger charge is 2.14. The number of fused-ring (bicyclic) bond motifs is 3. The van der Waals surface area contributed by atoms with Crippen LogP contribution >= 0.6 is 0 Å². The minimum Gasteiger partial charge on any atom is -0.399 e. The molecular formula is C18H15N3O2S. The van der Waals surface area contributed by atoms with Crippen LogP contribution in [0.4, 0.5) is 11.4 Å². The van der Waals surface area contributed by atoms with Crippen LogP contribution in [0.15, 0.2) is 71.6 Å². The second-order valence-corrected chi connectivity index (χ2v) is 7.29. The van der Waals surface area contributed by atoms with Crippen LogP contribution in [0.2, 0.25) is 0 Å². The van der Waals surface area contributed by atoms with Crippen molar-refractivity contribution in [3.63, 3.8) is 0 Å². The van der Waals surface area contributed by atoms with Gasteiger partial charge in [0.05, 0.1) is 10.6 Å². The molecule has 0 fully saturated rings. The van der Waals surface area contributed by atoms with Crippen molar-refractivity contribution in [3.8, 4) is 0 Å². The van der Waals surface area contributed by atoms with Crippen LogP contribution in [-0.4, -0.2) is 13.4 Å². The van der Waals surface area contributed by atoms with Gasteiger partial charge in [0.2, 0.25) is 0 Å². The molecule has 120 valence electrons. The van der Waals surface area contributed by atoms with E-state index in [1.165, 1.54) is 12.1 Å². The van der Waals surface area contributed by atoms with Gasteiger partial charge in [0.1, 0.15) is 0 Å². The van der Waals surface area contributed by atoms with Gasteiger partial charge in [0.25, 0.3) is 10.0 Å². The van der Waals surface area contributed by atoms with E-state index in [1.807, 2.05) is 30.3 Å². The van der Waals surface area contributed by atoms with E-state index < -0.39 is 10.0 Å². The van der Waals surface area contributed by atoms with Crippen LogP contribution in [0.5, 0.6) is 0 Å². The number of para-hydroxylation sites is 1.